The second kappa shape index (κ2) is 10.6. The highest BCUT2D eigenvalue weighted by molar-refractivity contribution is 7.80. The number of nitrogens with one attached hydrogen (secondary N) is 1. The van der Waals surface area contributed by atoms with Crippen LogP contribution in [0.5, 0.6) is 11.5 Å². The molecule has 2 aromatic carbocycles. The third kappa shape index (κ3) is 5.88. The third-order valence-corrected chi connectivity index (χ3v) is 4.35. The normalized spacial score (nSPS) is 10.0. The summed E-state index contributed by atoms with van der Waals surface area (Å²) in [5, 5.41) is 10.5. The lowest BCUT2D eigenvalue weighted by atomic mass is 10.1. The Kier molecular flexibility index (Phi) is 8.15. The molecule has 5 heteroatoms. The molecule has 1 heterocycles. The molecule has 2 N–H and O–H groups in total. The van der Waals surface area contributed by atoms with E-state index >= 15 is 0 Å². The van der Waals surface area contributed by atoms with Gasteiger partial charge in [-0.3, -0.25) is 4.98 Å². The molecule has 0 spiro atoms. The average Bonchev–Trinajstić information content (AvgIpc) is 2.69. The largest absolute Gasteiger partial charge is 0.456 e. The van der Waals surface area contributed by atoms with Gasteiger partial charge in [0, 0.05) is 31.3 Å². The van der Waals surface area contributed by atoms with Crippen LogP contribution < -0.4 is 10.1 Å². The van der Waals surface area contributed by atoms with Crippen LogP contribution in [0.1, 0.15) is 16.7 Å². The Hall–Kier alpha value is -2.34. The van der Waals surface area contributed by atoms with Gasteiger partial charge in [-0.05, 0) is 47.9 Å². The molecule has 0 aliphatic rings. The summed E-state index contributed by atoms with van der Waals surface area (Å²) >= 11 is 4.64. The molecule has 1 aromatic heterocycles. The molecule has 0 saturated heterocycles. The number of rotatable bonds is 6. The highest BCUT2D eigenvalue weighted by Gasteiger charge is 2.07. The Morgan fingerprint density at radius 1 is 1.00 bits per heavy atom. The highest BCUT2D eigenvalue weighted by Crippen LogP contribution is 2.28. The quantitative estimate of drug-likeness (QED) is 0.566. The Morgan fingerprint density at radius 2 is 1.77 bits per heavy atom. The topological polar surface area (TPSA) is 54.4 Å². The molecule has 0 aliphatic heterocycles. The fourth-order valence-electron chi connectivity index (χ4n) is 2.49. The number of aryl methyl sites for hydroxylation is 1. The van der Waals surface area contributed by atoms with Crippen LogP contribution in [-0.4, -0.2) is 17.2 Å². The van der Waals surface area contributed by atoms with Crippen LogP contribution in [0.25, 0.3) is 0 Å². The molecular formula is C21H24N2O2S. The van der Waals surface area contributed by atoms with E-state index in [2.05, 4.69) is 35.1 Å². The van der Waals surface area contributed by atoms with Crippen molar-refractivity contribution in [3.05, 3.63) is 83.7 Å². The van der Waals surface area contributed by atoms with Crippen molar-refractivity contribution in [2.24, 2.45) is 0 Å². The molecule has 0 atom stereocenters. The van der Waals surface area contributed by atoms with Crippen LogP contribution in [0.2, 0.25) is 0 Å². The summed E-state index contributed by atoms with van der Waals surface area (Å²) in [6.07, 6.45) is 3.44. The number of hydrogen-bond acceptors (Lipinski definition) is 5. The number of pyridine rings is 1. The predicted molar refractivity (Wildman–Crippen MR) is 108 cm³/mol. The van der Waals surface area contributed by atoms with Crippen LogP contribution in [0.4, 0.5) is 0 Å². The molecule has 0 unspecified atom stereocenters. The van der Waals surface area contributed by atoms with E-state index in [1.807, 2.05) is 49.4 Å². The van der Waals surface area contributed by atoms with Crippen molar-refractivity contribution in [3.63, 3.8) is 0 Å². The molecular weight excluding hydrogens is 344 g/mol. The molecule has 0 radical (unpaired) electrons. The van der Waals surface area contributed by atoms with Crippen molar-refractivity contribution in [3.8, 4) is 11.5 Å². The Morgan fingerprint density at radius 3 is 2.46 bits per heavy atom. The minimum atomic E-state index is 0.729. The van der Waals surface area contributed by atoms with Gasteiger partial charge in [0.15, 0.2) is 0 Å². The fourth-order valence-corrected chi connectivity index (χ4v) is 2.70. The van der Waals surface area contributed by atoms with Gasteiger partial charge in [0.25, 0.3) is 0 Å². The zero-order chi connectivity index (χ0) is 18.8. The standard InChI is InChI=1S/C20H20N2OS.CH4O/c1-15-10-19(23-18-8-5-9-21-14-18)11-17(20(15)24)13-22-12-16-6-3-2-4-7-16;1-2/h2-11,14,22,24H,12-13H2,1H3;2H,1H3. The number of aromatic nitrogens is 1. The van der Waals surface area contributed by atoms with E-state index in [1.165, 1.54) is 5.56 Å². The smallest absolute Gasteiger partial charge is 0.145 e. The van der Waals surface area contributed by atoms with Crippen molar-refractivity contribution < 1.29 is 9.84 Å². The maximum absolute atomic E-state index is 7.00. The second-order valence-electron chi connectivity index (χ2n) is 5.63. The van der Waals surface area contributed by atoms with Crippen molar-refractivity contribution in [2.45, 2.75) is 24.9 Å². The van der Waals surface area contributed by atoms with Crippen LogP contribution >= 0.6 is 12.6 Å². The summed E-state index contributed by atoms with van der Waals surface area (Å²) in [7, 11) is 1.00. The molecule has 3 rings (SSSR count). The first kappa shape index (κ1) is 20.0. The number of nitrogens with zero attached hydrogens (tertiary/aromatic N) is 1. The minimum absolute atomic E-state index is 0.729. The van der Waals surface area contributed by atoms with Gasteiger partial charge in [0.2, 0.25) is 0 Å². The van der Waals surface area contributed by atoms with Crippen molar-refractivity contribution in [1.82, 2.24) is 10.3 Å². The van der Waals surface area contributed by atoms with E-state index in [9.17, 15) is 0 Å². The number of benzene rings is 2. The van der Waals surface area contributed by atoms with E-state index in [4.69, 9.17) is 9.84 Å². The molecule has 0 aliphatic carbocycles. The Labute approximate surface area is 160 Å². The summed E-state index contributed by atoms with van der Waals surface area (Å²) in [6.45, 7) is 3.60. The molecule has 3 aromatic rings. The van der Waals surface area contributed by atoms with Crippen LogP contribution in [0.3, 0.4) is 0 Å². The van der Waals surface area contributed by atoms with Crippen molar-refractivity contribution >= 4 is 12.6 Å². The van der Waals surface area contributed by atoms with Crippen LogP contribution in [0, 0.1) is 6.92 Å². The molecule has 0 fully saturated rings. The molecule has 0 saturated carbocycles. The van der Waals surface area contributed by atoms with Gasteiger partial charge < -0.3 is 15.2 Å². The monoisotopic (exact) mass is 368 g/mol. The first-order valence-electron chi connectivity index (χ1n) is 8.32. The van der Waals surface area contributed by atoms with Gasteiger partial charge in [-0.1, -0.05) is 30.3 Å². The lowest BCUT2D eigenvalue weighted by Gasteiger charge is -2.13. The van der Waals surface area contributed by atoms with E-state index < -0.39 is 0 Å². The van der Waals surface area contributed by atoms with Gasteiger partial charge in [-0.25, -0.2) is 0 Å². The molecule has 0 amide bonds. The summed E-state index contributed by atoms with van der Waals surface area (Å²) in [4.78, 5) is 5.07. The van der Waals surface area contributed by atoms with E-state index in [0.717, 1.165) is 47.7 Å². The van der Waals surface area contributed by atoms with E-state index in [1.54, 1.807) is 12.4 Å². The lowest BCUT2D eigenvalue weighted by molar-refractivity contribution is 0.399. The number of thiol groups is 1. The van der Waals surface area contributed by atoms with Gasteiger partial charge in [-0.15, -0.1) is 12.6 Å². The lowest BCUT2D eigenvalue weighted by Crippen LogP contribution is -2.13. The van der Waals surface area contributed by atoms with Gasteiger partial charge >= 0.3 is 0 Å². The minimum Gasteiger partial charge on any atom is -0.456 e. The van der Waals surface area contributed by atoms with Crippen LogP contribution in [0.15, 0.2) is 71.9 Å². The third-order valence-electron chi connectivity index (χ3n) is 3.71. The molecule has 0 bridgehead atoms. The number of hydrogen-bond donors (Lipinski definition) is 3. The SMILES string of the molecule is CO.Cc1cc(Oc2cccnc2)cc(CNCc2ccccc2)c1S. The maximum atomic E-state index is 7.00. The summed E-state index contributed by atoms with van der Waals surface area (Å²) in [6, 6.07) is 18.1. The van der Waals surface area contributed by atoms with Gasteiger partial charge in [0.05, 0.1) is 6.20 Å². The zero-order valence-electron chi connectivity index (χ0n) is 15.0. The predicted octanol–water partition coefficient (Wildman–Crippen LogP) is 4.37. The second-order valence-corrected chi connectivity index (χ2v) is 6.08. The van der Waals surface area contributed by atoms with Crippen LogP contribution in [-0.2, 0) is 13.1 Å². The summed E-state index contributed by atoms with van der Waals surface area (Å²) in [5.74, 6) is 1.53. The first-order valence-corrected chi connectivity index (χ1v) is 8.77. The van der Waals surface area contributed by atoms with Crippen molar-refractivity contribution in [1.29, 1.82) is 0 Å². The number of ether oxygens (including phenoxy) is 1. The fraction of sp³-hybridized carbons (Fsp3) is 0.190. The van der Waals surface area contributed by atoms with Gasteiger partial charge in [0.1, 0.15) is 11.5 Å². The average molecular weight is 369 g/mol. The Bertz CT molecular complexity index is 796. The molecule has 136 valence electrons. The first-order chi connectivity index (χ1) is 12.7. The van der Waals surface area contributed by atoms with E-state index in [0.29, 0.717) is 0 Å². The highest BCUT2D eigenvalue weighted by atomic mass is 32.1. The number of aliphatic hydroxyl groups excluding tert-OH is 1. The Balaban J connectivity index is 0.00000117. The van der Waals surface area contributed by atoms with Crippen molar-refractivity contribution in [2.75, 3.05) is 7.11 Å². The summed E-state index contributed by atoms with van der Waals surface area (Å²) < 4.78 is 5.90. The molecule has 26 heavy (non-hydrogen) atoms. The van der Waals surface area contributed by atoms with Gasteiger partial charge in [-0.2, -0.15) is 0 Å². The zero-order valence-corrected chi connectivity index (χ0v) is 15.9. The maximum Gasteiger partial charge on any atom is 0.145 e. The number of aliphatic hydroxyl groups is 1. The van der Waals surface area contributed by atoms with E-state index in [-0.39, 0.29) is 0 Å². The molecule has 4 nitrogen and oxygen atoms in total. The summed E-state index contributed by atoms with van der Waals surface area (Å²) in [5.41, 5.74) is 3.47.